The van der Waals surface area contributed by atoms with Gasteiger partial charge in [-0.05, 0) is 32.6 Å². The first kappa shape index (κ1) is 18.8. The second-order valence-electron chi connectivity index (χ2n) is 5.71. The van der Waals surface area contributed by atoms with E-state index in [2.05, 4.69) is 11.6 Å². The fraction of sp³-hybridized carbons (Fsp3) is 0.625. The molecule has 1 aliphatic rings. The number of esters is 1. The molecule has 0 aromatic carbocycles. The molecule has 0 spiro atoms. The molecule has 1 N–H and O–H groups in total. The van der Waals surface area contributed by atoms with E-state index >= 15 is 0 Å². The van der Waals surface area contributed by atoms with Gasteiger partial charge in [0.05, 0.1) is 12.7 Å². The van der Waals surface area contributed by atoms with E-state index < -0.39 is 0 Å². The first-order valence-corrected chi connectivity index (χ1v) is 9.97. The summed E-state index contributed by atoms with van der Waals surface area (Å²) in [7, 11) is 0. The van der Waals surface area contributed by atoms with E-state index in [1.165, 1.54) is 11.3 Å². The summed E-state index contributed by atoms with van der Waals surface area (Å²) in [5.41, 5.74) is 1.36. The fourth-order valence-corrected chi connectivity index (χ4v) is 5.39. The minimum atomic E-state index is -0.389. The summed E-state index contributed by atoms with van der Waals surface area (Å²) in [5, 5.41) is 11.8. The second kappa shape index (κ2) is 8.51. The highest BCUT2D eigenvalue weighted by molar-refractivity contribution is 8.01. The fourth-order valence-electron chi connectivity index (χ4n) is 3.02. The van der Waals surface area contributed by atoms with E-state index in [1.807, 2.05) is 6.92 Å². The van der Waals surface area contributed by atoms with Crippen LogP contribution in [0.1, 0.15) is 37.2 Å². The average molecular weight is 376 g/mol. The molecule has 4 atom stereocenters. The molecular formula is C16H22ClNO3S2. The number of thiazole rings is 1. The van der Waals surface area contributed by atoms with Crippen molar-refractivity contribution in [2.75, 3.05) is 12.4 Å². The molecule has 1 aromatic heterocycles. The van der Waals surface area contributed by atoms with Gasteiger partial charge in [-0.15, -0.1) is 22.9 Å². The second-order valence-corrected chi connectivity index (χ2v) is 8.47. The van der Waals surface area contributed by atoms with Crippen molar-refractivity contribution in [3.63, 3.8) is 0 Å². The molecule has 1 saturated carbocycles. The first-order chi connectivity index (χ1) is 10.9. The van der Waals surface area contributed by atoms with Crippen molar-refractivity contribution in [1.82, 2.24) is 4.98 Å². The molecule has 7 heteroatoms. The Kier molecular flexibility index (Phi) is 6.95. The summed E-state index contributed by atoms with van der Waals surface area (Å²) in [4.78, 5) is 15.9. The number of aliphatic hydroxyl groups excluding tert-OH is 1. The van der Waals surface area contributed by atoms with Crippen molar-refractivity contribution < 1.29 is 14.6 Å². The molecule has 0 aliphatic heterocycles. The Labute approximate surface area is 150 Å². The van der Waals surface area contributed by atoms with Gasteiger partial charge in [0.2, 0.25) is 0 Å². The maximum Gasteiger partial charge on any atom is 0.357 e. The molecule has 0 radical (unpaired) electrons. The minimum absolute atomic E-state index is 0.0151. The average Bonchev–Trinajstić information content (AvgIpc) is 3.04. The molecule has 0 unspecified atom stereocenters. The Balaban J connectivity index is 1.87. The van der Waals surface area contributed by atoms with Gasteiger partial charge in [-0.25, -0.2) is 9.78 Å². The Morgan fingerprint density at radius 1 is 1.65 bits per heavy atom. The van der Waals surface area contributed by atoms with E-state index in [1.54, 1.807) is 24.1 Å². The van der Waals surface area contributed by atoms with Crippen molar-refractivity contribution in [3.05, 3.63) is 23.2 Å². The normalized spacial score (nSPS) is 27.1. The van der Waals surface area contributed by atoms with Crippen molar-refractivity contribution in [1.29, 1.82) is 0 Å². The van der Waals surface area contributed by atoms with E-state index in [0.717, 1.165) is 22.1 Å². The monoisotopic (exact) mass is 375 g/mol. The summed E-state index contributed by atoms with van der Waals surface area (Å²) in [6.07, 6.45) is 1.13. The van der Waals surface area contributed by atoms with Crippen LogP contribution in [0.3, 0.4) is 0 Å². The third-order valence-electron chi connectivity index (χ3n) is 4.02. The molecule has 4 nitrogen and oxygen atoms in total. The lowest BCUT2D eigenvalue weighted by Gasteiger charge is -2.23. The van der Waals surface area contributed by atoms with Crippen molar-refractivity contribution in [3.8, 4) is 0 Å². The van der Waals surface area contributed by atoms with Crippen LogP contribution in [0.4, 0.5) is 0 Å². The van der Waals surface area contributed by atoms with Gasteiger partial charge in [0.25, 0.3) is 0 Å². The molecule has 2 rings (SSSR count). The SMILES string of the molecule is C=C(C)[C@@H]1[C@@H](CCSc2nc(C(=O)OCC)cs2)[C@H](Cl)C[C@H]1O. The number of halogens is 1. The lowest BCUT2D eigenvalue weighted by molar-refractivity contribution is 0.0520. The van der Waals surface area contributed by atoms with Crippen LogP contribution in [0.25, 0.3) is 0 Å². The predicted molar refractivity (Wildman–Crippen MR) is 95.5 cm³/mol. The zero-order valence-corrected chi connectivity index (χ0v) is 15.7. The number of aromatic nitrogens is 1. The molecule has 0 saturated heterocycles. The largest absolute Gasteiger partial charge is 0.461 e. The van der Waals surface area contributed by atoms with Crippen molar-refractivity contribution in [2.45, 2.75) is 42.5 Å². The number of aliphatic hydroxyl groups is 1. The van der Waals surface area contributed by atoms with Crippen LogP contribution in [0, 0.1) is 11.8 Å². The highest BCUT2D eigenvalue weighted by atomic mass is 35.5. The van der Waals surface area contributed by atoms with Gasteiger partial charge in [0.1, 0.15) is 0 Å². The maximum absolute atomic E-state index is 11.6. The molecule has 0 amide bonds. The highest BCUT2D eigenvalue weighted by Crippen LogP contribution is 2.42. The minimum Gasteiger partial charge on any atom is -0.461 e. The van der Waals surface area contributed by atoms with Crippen LogP contribution in [-0.2, 0) is 4.74 Å². The molecule has 1 aliphatic carbocycles. The molecule has 23 heavy (non-hydrogen) atoms. The Hall–Kier alpha value is -0.560. The number of hydrogen-bond acceptors (Lipinski definition) is 6. The first-order valence-electron chi connectivity index (χ1n) is 7.67. The zero-order valence-electron chi connectivity index (χ0n) is 13.3. The Bertz CT molecular complexity index is 563. The summed E-state index contributed by atoms with van der Waals surface area (Å²) >= 11 is 9.45. The number of rotatable bonds is 7. The van der Waals surface area contributed by atoms with E-state index in [4.69, 9.17) is 16.3 Å². The van der Waals surface area contributed by atoms with Crippen molar-refractivity contribution >= 4 is 40.7 Å². The maximum atomic E-state index is 11.6. The number of hydrogen-bond donors (Lipinski definition) is 1. The Morgan fingerprint density at radius 3 is 3.04 bits per heavy atom. The highest BCUT2D eigenvalue weighted by Gasteiger charge is 2.41. The number of carbonyl (C=O) groups excluding carboxylic acids is 1. The predicted octanol–water partition coefficient (Wildman–Crippen LogP) is 3.98. The quantitative estimate of drug-likeness (QED) is 0.338. The van der Waals surface area contributed by atoms with Crippen LogP contribution in [0.5, 0.6) is 0 Å². The van der Waals surface area contributed by atoms with Crippen molar-refractivity contribution in [2.24, 2.45) is 11.8 Å². The standard InChI is InChI=1S/C16H22ClNO3S2/c1-4-21-15(20)12-8-23-16(18-12)22-6-5-10-11(17)7-13(19)14(10)9(2)3/h8,10-11,13-14,19H,2,4-7H2,1,3H3/t10-,11+,13+,14+/m0/s1. The number of ether oxygens (including phenoxy) is 1. The summed E-state index contributed by atoms with van der Waals surface area (Å²) < 4.78 is 5.79. The zero-order chi connectivity index (χ0) is 17.0. The number of thioether (sulfide) groups is 1. The van der Waals surface area contributed by atoms with Crippen LogP contribution in [-0.4, -0.2) is 39.9 Å². The van der Waals surface area contributed by atoms with Crippen LogP contribution >= 0.6 is 34.7 Å². The smallest absolute Gasteiger partial charge is 0.357 e. The van der Waals surface area contributed by atoms with E-state index in [-0.39, 0.29) is 29.3 Å². The van der Waals surface area contributed by atoms with Gasteiger partial charge < -0.3 is 9.84 Å². The summed E-state index contributed by atoms with van der Waals surface area (Å²) in [6, 6.07) is 0. The molecule has 1 aromatic rings. The van der Waals surface area contributed by atoms with Gasteiger partial charge in [0, 0.05) is 22.4 Å². The Morgan fingerprint density at radius 2 is 2.39 bits per heavy atom. The summed E-state index contributed by atoms with van der Waals surface area (Å²) in [5.74, 6) is 0.781. The van der Waals surface area contributed by atoms with Crippen LogP contribution in [0.2, 0.25) is 0 Å². The lowest BCUT2D eigenvalue weighted by Crippen LogP contribution is -2.22. The van der Waals surface area contributed by atoms with Gasteiger partial charge in [-0.2, -0.15) is 0 Å². The molecule has 1 fully saturated rings. The third-order valence-corrected chi connectivity index (χ3v) is 6.58. The van der Waals surface area contributed by atoms with Gasteiger partial charge in [-0.3, -0.25) is 0 Å². The number of carbonyl (C=O) groups is 1. The van der Waals surface area contributed by atoms with Gasteiger partial charge in [0.15, 0.2) is 10.0 Å². The molecule has 0 bridgehead atoms. The lowest BCUT2D eigenvalue weighted by atomic mass is 9.87. The number of alkyl halides is 1. The van der Waals surface area contributed by atoms with Crippen LogP contribution < -0.4 is 0 Å². The van der Waals surface area contributed by atoms with E-state index in [0.29, 0.717) is 18.7 Å². The third kappa shape index (κ3) is 4.72. The molecule has 1 heterocycles. The number of nitrogens with zero attached hydrogens (tertiary/aromatic N) is 1. The van der Waals surface area contributed by atoms with E-state index in [9.17, 15) is 9.90 Å². The van der Waals surface area contributed by atoms with Crippen LogP contribution in [0.15, 0.2) is 21.9 Å². The molecule has 128 valence electrons. The summed E-state index contributed by atoms with van der Waals surface area (Å²) in [6.45, 7) is 8.07. The molecular weight excluding hydrogens is 354 g/mol. The van der Waals surface area contributed by atoms with Gasteiger partial charge >= 0.3 is 5.97 Å². The van der Waals surface area contributed by atoms with Gasteiger partial charge in [-0.1, -0.05) is 23.9 Å². The topological polar surface area (TPSA) is 59.4 Å².